The Morgan fingerprint density at radius 1 is 1.35 bits per heavy atom. The summed E-state index contributed by atoms with van der Waals surface area (Å²) in [6.45, 7) is 0. The van der Waals surface area contributed by atoms with Crippen LogP contribution in [-0.2, 0) is 0 Å². The number of hydrogen-bond acceptors (Lipinski definition) is 5. The van der Waals surface area contributed by atoms with E-state index in [1.807, 2.05) is 6.07 Å². The van der Waals surface area contributed by atoms with Crippen molar-refractivity contribution < 1.29 is 10.0 Å². The molecule has 1 aromatic heterocycles. The van der Waals surface area contributed by atoms with Crippen LogP contribution in [0.1, 0.15) is 17.2 Å². The lowest BCUT2D eigenvalue weighted by molar-refractivity contribution is -0.386. The number of aromatic nitrogens is 1. The lowest BCUT2D eigenvalue weighted by atomic mass is 9.95. The monoisotopic (exact) mass is 289 g/mol. The number of nitrogens with zero attached hydrogens (tertiary/aromatic N) is 3. The van der Waals surface area contributed by atoms with Crippen LogP contribution in [-0.4, -0.2) is 15.0 Å². The molecule has 0 saturated heterocycles. The first kappa shape index (κ1) is 13.8. The maximum absolute atomic E-state index is 11.0. The highest BCUT2D eigenvalue weighted by molar-refractivity contribution is 6.29. The molecule has 100 valence electrons. The Morgan fingerprint density at radius 2 is 2.05 bits per heavy atom. The molecule has 0 spiro atoms. The highest BCUT2D eigenvalue weighted by atomic mass is 35.5. The fourth-order valence-corrected chi connectivity index (χ4v) is 1.97. The Hall–Kier alpha value is -2.65. The van der Waals surface area contributed by atoms with Gasteiger partial charge in [-0.3, -0.25) is 10.1 Å². The number of nitriles is 1. The molecule has 0 radical (unpaired) electrons. The van der Waals surface area contributed by atoms with Crippen LogP contribution >= 0.6 is 11.6 Å². The minimum atomic E-state index is -1.07. The van der Waals surface area contributed by atoms with Crippen molar-refractivity contribution in [2.24, 2.45) is 0 Å². The summed E-state index contributed by atoms with van der Waals surface area (Å²) in [6.07, 6.45) is 0. The van der Waals surface area contributed by atoms with E-state index in [4.69, 9.17) is 11.6 Å². The lowest BCUT2D eigenvalue weighted by Crippen LogP contribution is -2.06. The molecular formula is C13H8ClN3O3. The summed E-state index contributed by atoms with van der Waals surface area (Å²) >= 11 is 5.74. The number of nitro groups is 1. The Kier molecular flexibility index (Phi) is 3.82. The molecule has 0 aliphatic carbocycles. The van der Waals surface area contributed by atoms with Gasteiger partial charge in [0, 0.05) is 11.6 Å². The number of aromatic hydroxyl groups is 1. The van der Waals surface area contributed by atoms with Crippen LogP contribution in [0, 0.1) is 21.4 Å². The van der Waals surface area contributed by atoms with Crippen LogP contribution < -0.4 is 0 Å². The zero-order valence-corrected chi connectivity index (χ0v) is 10.8. The Labute approximate surface area is 119 Å². The summed E-state index contributed by atoms with van der Waals surface area (Å²) in [5, 5.41) is 30.1. The van der Waals surface area contributed by atoms with E-state index in [1.165, 1.54) is 24.3 Å². The molecule has 7 heteroatoms. The second-order valence-corrected chi connectivity index (χ2v) is 4.30. The van der Waals surface area contributed by atoms with Crippen molar-refractivity contribution in [2.45, 2.75) is 5.92 Å². The molecule has 1 unspecified atom stereocenters. The average molecular weight is 290 g/mol. The molecule has 0 fully saturated rings. The molecule has 0 aliphatic rings. The molecular weight excluding hydrogens is 282 g/mol. The highest BCUT2D eigenvalue weighted by Gasteiger charge is 2.27. The minimum Gasteiger partial charge on any atom is -0.508 e. The first-order valence-electron chi connectivity index (χ1n) is 5.53. The van der Waals surface area contributed by atoms with Crippen LogP contribution in [0.15, 0.2) is 36.4 Å². The highest BCUT2D eigenvalue weighted by Crippen LogP contribution is 2.34. The molecule has 0 bridgehead atoms. The van der Waals surface area contributed by atoms with Crippen molar-refractivity contribution in [3.05, 3.63) is 62.9 Å². The van der Waals surface area contributed by atoms with Gasteiger partial charge in [0.2, 0.25) is 0 Å². The van der Waals surface area contributed by atoms with E-state index >= 15 is 0 Å². The van der Waals surface area contributed by atoms with E-state index in [9.17, 15) is 20.5 Å². The molecule has 20 heavy (non-hydrogen) atoms. The van der Waals surface area contributed by atoms with Gasteiger partial charge < -0.3 is 5.11 Å². The third-order valence-corrected chi connectivity index (χ3v) is 2.93. The van der Waals surface area contributed by atoms with Crippen molar-refractivity contribution in [3.63, 3.8) is 0 Å². The normalized spacial score (nSPS) is 11.6. The van der Waals surface area contributed by atoms with Crippen molar-refractivity contribution in [1.29, 1.82) is 5.26 Å². The number of rotatable bonds is 3. The molecule has 0 aliphatic heterocycles. The van der Waals surface area contributed by atoms with E-state index in [-0.39, 0.29) is 27.8 Å². The number of phenolic OH excluding ortho intramolecular Hbond substituents is 1. The van der Waals surface area contributed by atoms with Crippen molar-refractivity contribution in [3.8, 4) is 11.8 Å². The van der Waals surface area contributed by atoms with Gasteiger partial charge in [-0.15, -0.1) is 0 Å². The fourth-order valence-electron chi connectivity index (χ4n) is 1.82. The molecule has 1 N–H and O–H groups in total. The predicted octanol–water partition coefficient (Wildman–Crippen LogP) is 3.00. The van der Waals surface area contributed by atoms with Gasteiger partial charge in [0.1, 0.15) is 22.5 Å². The second-order valence-electron chi connectivity index (χ2n) is 3.92. The number of hydrogen-bond donors (Lipinski definition) is 1. The zero-order valence-electron chi connectivity index (χ0n) is 10.0. The zero-order chi connectivity index (χ0) is 14.7. The molecule has 0 saturated carbocycles. The third kappa shape index (κ3) is 2.53. The molecule has 0 amide bonds. The van der Waals surface area contributed by atoms with Gasteiger partial charge in [0.15, 0.2) is 0 Å². The van der Waals surface area contributed by atoms with Gasteiger partial charge in [0.25, 0.3) is 5.69 Å². The molecule has 2 aromatic rings. The molecule has 1 aromatic carbocycles. The number of phenols is 1. The predicted molar refractivity (Wildman–Crippen MR) is 71.5 cm³/mol. The van der Waals surface area contributed by atoms with E-state index in [1.54, 1.807) is 12.1 Å². The van der Waals surface area contributed by atoms with Gasteiger partial charge in [-0.2, -0.15) is 5.26 Å². The summed E-state index contributed by atoms with van der Waals surface area (Å²) in [5.41, 5.74) is -0.163. The Balaban J connectivity index is 2.65. The Bertz CT molecular complexity index is 712. The third-order valence-electron chi connectivity index (χ3n) is 2.72. The van der Waals surface area contributed by atoms with Gasteiger partial charge in [-0.05, 0) is 12.1 Å². The van der Waals surface area contributed by atoms with Crippen LogP contribution in [0.5, 0.6) is 5.75 Å². The van der Waals surface area contributed by atoms with Crippen molar-refractivity contribution >= 4 is 17.3 Å². The van der Waals surface area contributed by atoms with Crippen LogP contribution in [0.25, 0.3) is 0 Å². The smallest absolute Gasteiger partial charge is 0.292 e. The van der Waals surface area contributed by atoms with E-state index in [0.717, 1.165) is 0 Å². The van der Waals surface area contributed by atoms with Gasteiger partial charge in [-0.25, -0.2) is 4.98 Å². The van der Waals surface area contributed by atoms with Crippen molar-refractivity contribution in [1.82, 2.24) is 4.98 Å². The van der Waals surface area contributed by atoms with Crippen LogP contribution in [0.4, 0.5) is 5.69 Å². The average Bonchev–Trinajstić information content (AvgIpc) is 2.41. The molecule has 6 nitrogen and oxygen atoms in total. The maximum Gasteiger partial charge on any atom is 0.292 e. The number of benzene rings is 1. The quantitative estimate of drug-likeness (QED) is 0.532. The summed E-state index contributed by atoms with van der Waals surface area (Å²) in [4.78, 5) is 14.3. The van der Waals surface area contributed by atoms with Crippen molar-refractivity contribution in [2.75, 3.05) is 0 Å². The molecule has 2 rings (SSSR count). The van der Waals surface area contributed by atoms with Gasteiger partial charge >= 0.3 is 0 Å². The SMILES string of the molecule is N#CC(c1ccccc1O)c1nc(Cl)ccc1[N+](=O)[O-]. The number of pyridine rings is 1. The number of para-hydroxylation sites is 1. The summed E-state index contributed by atoms with van der Waals surface area (Å²) in [6, 6.07) is 10.5. The molecule has 1 atom stereocenters. The van der Waals surface area contributed by atoms with E-state index < -0.39 is 10.8 Å². The van der Waals surface area contributed by atoms with Gasteiger partial charge in [0.05, 0.1) is 11.0 Å². The van der Waals surface area contributed by atoms with E-state index in [0.29, 0.717) is 0 Å². The topological polar surface area (TPSA) is 100 Å². The maximum atomic E-state index is 11.0. The Morgan fingerprint density at radius 3 is 2.65 bits per heavy atom. The van der Waals surface area contributed by atoms with Gasteiger partial charge in [-0.1, -0.05) is 29.8 Å². The van der Waals surface area contributed by atoms with Crippen LogP contribution in [0.3, 0.4) is 0 Å². The number of halogens is 1. The second kappa shape index (κ2) is 5.55. The fraction of sp³-hybridized carbons (Fsp3) is 0.0769. The summed E-state index contributed by atoms with van der Waals surface area (Å²) in [5.74, 6) is -1.20. The minimum absolute atomic E-state index is 0.0428. The molecule has 1 heterocycles. The summed E-state index contributed by atoms with van der Waals surface area (Å²) < 4.78 is 0. The first-order valence-corrected chi connectivity index (χ1v) is 5.90. The standard InChI is InChI=1S/C13H8ClN3O3/c14-12-6-5-10(17(19)20)13(16-12)9(7-15)8-3-1-2-4-11(8)18/h1-6,9,18H. The summed E-state index contributed by atoms with van der Waals surface area (Å²) in [7, 11) is 0. The van der Waals surface area contributed by atoms with Crippen LogP contribution in [0.2, 0.25) is 5.15 Å². The lowest BCUT2D eigenvalue weighted by Gasteiger charge is -2.11. The largest absolute Gasteiger partial charge is 0.508 e. The first-order chi connectivity index (χ1) is 9.54. The van der Waals surface area contributed by atoms with E-state index in [2.05, 4.69) is 4.98 Å².